The maximum atomic E-state index is 12.8. The second kappa shape index (κ2) is 7.47. The molecule has 160 valence electrons. The first-order valence-corrected chi connectivity index (χ1v) is 11.1. The first-order chi connectivity index (χ1) is 14.5. The predicted octanol–water partition coefficient (Wildman–Crippen LogP) is 1.80. The number of fused-ring (bicyclic) bond motifs is 2. The van der Waals surface area contributed by atoms with Crippen LogP contribution in [0.3, 0.4) is 0 Å². The molecule has 0 amide bonds. The Labute approximate surface area is 175 Å². The van der Waals surface area contributed by atoms with Crippen LogP contribution in [0.15, 0.2) is 46.1 Å². The Morgan fingerprint density at radius 2 is 2.00 bits per heavy atom. The molecular weight excluding hydrogens is 408 g/mol. The van der Waals surface area contributed by atoms with Gasteiger partial charge in [0.2, 0.25) is 10.0 Å². The Balaban J connectivity index is 0.00000144. The molecule has 2 aliphatic heterocycles. The highest BCUT2D eigenvalue weighted by molar-refractivity contribution is 7.89. The minimum atomic E-state index is -3.71. The fourth-order valence-corrected chi connectivity index (χ4v) is 4.83. The zero-order valence-corrected chi connectivity index (χ0v) is 16.9. The molecule has 0 bridgehead atoms. The number of hydrogen-bond donors (Lipinski definition) is 2. The predicted molar refractivity (Wildman–Crippen MR) is 115 cm³/mol. The topological polar surface area (TPSA) is 114 Å². The molecule has 1 saturated heterocycles. The third kappa shape index (κ3) is 3.37. The lowest BCUT2D eigenvalue weighted by Crippen LogP contribution is -2.41. The van der Waals surface area contributed by atoms with Crippen molar-refractivity contribution in [3.05, 3.63) is 46.8 Å². The van der Waals surface area contributed by atoms with Crippen LogP contribution in [-0.4, -0.2) is 62.9 Å². The van der Waals surface area contributed by atoms with Gasteiger partial charge in [-0.2, -0.15) is 5.10 Å². The summed E-state index contributed by atoms with van der Waals surface area (Å²) in [7, 11) is -3.71. The molecule has 3 aromatic rings. The maximum absolute atomic E-state index is 12.8. The van der Waals surface area contributed by atoms with Crippen molar-refractivity contribution < 1.29 is 20.7 Å². The number of rotatable bonds is 5. The third-order valence-electron chi connectivity index (χ3n) is 5.34. The molecule has 0 atom stereocenters. The highest BCUT2D eigenvalue weighted by atomic mass is 32.2. The molecule has 30 heavy (non-hydrogen) atoms. The lowest BCUT2D eigenvalue weighted by Gasteiger charge is -2.26. The summed E-state index contributed by atoms with van der Waals surface area (Å²) in [4.78, 5) is 14.4. The van der Waals surface area contributed by atoms with Crippen molar-refractivity contribution in [1.82, 2.24) is 19.8 Å². The third-order valence-corrected chi connectivity index (χ3v) is 6.80. The zero-order chi connectivity index (χ0) is 20.7. The average molecular weight is 433 g/mol. The molecule has 9 nitrogen and oxygen atoms in total. The number of aromatic nitrogens is 2. The van der Waals surface area contributed by atoms with Crippen molar-refractivity contribution >= 4 is 20.8 Å². The van der Waals surface area contributed by atoms with E-state index < -0.39 is 10.0 Å². The van der Waals surface area contributed by atoms with Crippen molar-refractivity contribution in [3.8, 4) is 22.8 Å². The van der Waals surface area contributed by atoms with Gasteiger partial charge in [-0.15, -0.1) is 0 Å². The van der Waals surface area contributed by atoms with E-state index in [1.54, 1.807) is 24.3 Å². The number of H-pyrrole nitrogens is 1. The summed E-state index contributed by atoms with van der Waals surface area (Å²) in [5, 5.41) is 7.67. The standard InChI is InChI=1S/C20H20N4O5S.2H2/c25-20-14-2-1-3-17-18(14)19(22-23-20)15-12-13(4-5-16(15)29-17)30(26,27)21-6-7-24-8-10-28-11-9-24;;/h1-5,12,21H,6-11H2,(H,23,25);2*1H. The first kappa shape index (κ1) is 19.2. The van der Waals surface area contributed by atoms with Gasteiger partial charge in [-0.1, -0.05) is 6.07 Å². The highest BCUT2D eigenvalue weighted by Gasteiger charge is 2.25. The molecule has 10 heteroatoms. The summed E-state index contributed by atoms with van der Waals surface area (Å²) < 4.78 is 39.5. The van der Waals surface area contributed by atoms with Gasteiger partial charge in [0.05, 0.1) is 28.9 Å². The van der Waals surface area contributed by atoms with Crippen LogP contribution in [0.1, 0.15) is 2.85 Å². The van der Waals surface area contributed by atoms with Crippen LogP contribution in [0.5, 0.6) is 11.5 Å². The highest BCUT2D eigenvalue weighted by Crippen LogP contribution is 2.44. The summed E-state index contributed by atoms with van der Waals surface area (Å²) >= 11 is 0. The first-order valence-electron chi connectivity index (χ1n) is 9.66. The van der Waals surface area contributed by atoms with E-state index in [2.05, 4.69) is 19.8 Å². The minimum Gasteiger partial charge on any atom is -0.456 e. The van der Waals surface area contributed by atoms with Crippen LogP contribution in [0.2, 0.25) is 0 Å². The van der Waals surface area contributed by atoms with E-state index in [9.17, 15) is 13.2 Å². The maximum Gasteiger partial charge on any atom is 0.272 e. The summed E-state index contributed by atoms with van der Waals surface area (Å²) in [6, 6.07) is 9.83. The molecule has 5 rings (SSSR count). The number of hydrogen-bond acceptors (Lipinski definition) is 7. The lowest BCUT2D eigenvalue weighted by molar-refractivity contribution is 0.0390. The lowest BCUT2D eigenvalue weighted by atomic mass is 10.0. The second-order valence-corrected chi connectivity index (χ2v) is 8.96. The van der Waals surface area contributed by atoms with Crippen LogP contribution >= 0.6 is 0 Å². The number of nitrogens with one attached hydrogen (secondary N) is 2. The molecule has 1 fully saturated rings. The van der Waals surface area contributed by atoms with Gasteiger partial charge in [0.25, 0.3) is 5.56 Å². The van der Waals surface area contributed by atoms with Gasteiger partial charge in [-0.05, 0) is 30.3 Å². The Hall–Kier alpha value is -2.79. The fraction of sp³-hybridized carbons (Fsp3) is 0.300. The van der Waals surface area contributed by atoms with Crippen LogP contribution in [0.25, 0.3) is 22.0 Å². The molecule has 1 aromatic heterocycles. The number of nitrogens with zero attached hydrogens (tertiary/aromatic N) is 2. The van der Waals surface area contributed by atoms with Gasteiger partial charge in [0.15, 0.2) is 0 Å². The van der Waals surface area contributed by atoms with Gasteiger partial charge < -0.3 is 9.47 Å². The van der Waals surface area contributed by atoms with Gasteiger partial charge in [-0.3, -0.25) is 9.69 Å². The molecule has 0 unspecified atom stereocenters. The molecule has 2 aliphatic rings. The van der Waals surface area contributed by atoms with Crippen LogP contribution in [0, 0.1) is 0 Å². The summed E-state index contributed by atoms with van der Waals surface area (Å²) in [5.74, 6) is 1.01. The van der Waals surface area contributed by atoms with Crippen molar-refractivity contribution in [2.24, 2.45) is 0 Å². The van der Waals surface area contributed by atoms with Gasteiger partial charge in [0.1, 0.15) is 17.2 Å². The van der Waals surface area contributed by atoms with Crippen LogP contribution in [-0.2, 0) is 14.8 Å². The fourth-order valence-electron chi connectivity index (χ4n) is 3.78. The SMILES string of the molecule is O=c1[nH]nc2c3c(cccc13)Oc1ccc(S(=O)(=O)NCCN3CCOCC3)cc1-2.[HH].[HH]. The molecule has 0 spiro atoms. The monoisotopic (exact) mass is 432 g/mol. The Morgan fingerprint density at radius 1 is 1.17 bits per heavy atom. The minimum absolute atomic E-state index is 0. The summed E-state index contributed by atoms with van der Waals surface area (Å²) in [6.45, 7) is 3.85. The Kier molecular flexibility index (Phi) is 4.78. The Morgan fingerprint density at radius 3 is 2.83 bits per heavy atom. The largest absolute Gasteiger partial charge is 0.456 e. The number of sulfonamides is 1. The van der Waals surface area contributed by atoms with Crippen molar-refractivity contribution in [2.45, 2.75) is 4.90 Å². The normalized spacial score (nSPS) is 16.3. The van der Waals surface area contributed by atoms with Gasteiger partial charge in [0, 0.05) is 34.6 Å². The van der Waals surface area contributed by atoms with Crippen molar-refractivity contribution in [1.29, 1.82) is 0 Å². The van der Waals surface area contributed by atoms with Crippen molar-refractivity contribution in [3.63, 3.8) is 0 Å². The Bertz CT molecular complexity index is 1290. The van der Waals surface area contributed by atoms with Crippen molar-refractivity contribution in [2.75, 3.05) is 39.4 Å². The van der Waals surface area contributed by atoms with Crippen LogP contribution in [0.4, 0.5) is 0 Å². The molecule has 2 N–H and O–H groups in total. The molecule has 0 radical (unpaired) electrons. The number of morpholine rings is 1. The smallest absolute Gasteiger partial charge is 0.272 e. The van der Waals surface area contributed by atoms with Crippen LogP contribution < -0.4 is 15.0 Å². The molecular formula is C20H24N4O5S. The van der Waals surface area contributed by atoms with Gasteiger partial charge >= 0.3 is 0 Å². The molecule has 3 heterocycles. The average Bonchev–Trinajstić information content (AvgIpc) is 2.76. The van der Waals surface area contributed by atoms with E-state index in [1.165, 1.54) is 12.1 Å². The van der Waals surface area contributed by atoms with E-state index in [1.807, 2.05) is 0 Å². The van der Waals surface area contributed by atoms with E-state index in [0.717, 1.165) is 13.1 Å². The summed E-state index contributed by atoms with van der Waals surface area (Å²) in [6.07, 6.45) is 0. The van der Waals surface area contributed by atoms with E-state index in [4.69, 9.17) is 9.47 Å². The molecule has 2 aromatic carbocycles. The quantitative estimate of drug-likeness (QED) is 0.494. The summed E-state index contributed by atoms with van der Waals surface area (Å²) in [5.41, 5.74) is 0.689. The molecule has 0 saturated carbocycles. The van der Waals surface area contributed by atoms with Gasteiger partial charge in [-0.25, -0.2) is 18.2 Å². The number of ether oxygens (including phenoxy) is 2. The van der Waals surface area contributed by atoms with E-state index in [-0.39, 0.29) is 13.3 Å². The van der Waals surface area contributed by atoms with E-state index in [0.29, 0.717) is 59.8 Å². The number of benzene rings is 2. The second-order valence-electron chi connectivity index (χ2n) is 7.19. The molecule has 0 aliphatic carbocycles. The zero-order valence-electron chi connectivity index (χ0n) is 16.1. The van der Waals surface area contributed by atoms with E-state index >= 15 is 0 Å². The number of aromatic amines is 1.